The van der Waals surface area contributed by atoms with Crippen LogP contribution in [0.2, 0.25) is 0 Å². The average molecular weight is 272 g/mol. The van der Waals surface area contributed by atoms with Crippen LogP contribution in [0.15, 0.2) is 24.5 Å². The molecular weight excluding hydrogens is 248 g/mol. The molecule has 0 unspecified atom stereocenters. The van der Waals surface area contributed by atoms with Crippen molar-refractivity contribution < 1.29 is 0 Å². The van der Waals surface area contributed by atoms with Gasteiger partial charge in [0, 0.05) is 18.9 Å². The molecule has 3 rings (SSSR count). The number of likely N-dealkylation sites (tertiary alicyclic amines) is 1. The molecule has 0 aliphatic carbocycles. The third-order valence-electron chi connectivity index (χ3n) is 4.45. The third kappa shape index (κ3) is 2.86. The van der Waals surface area contributed by atoms with Crippen LogP contribution in [0.5, 0.6) is 0 Å². The van der Waals surface area contributed by atoms with E-state index >= 15 is 0 Å². The van der Waals surface area contributed by atoms with E-state index in [9.17, 15) is 0 Å². The molecule has 1 fully saturated rings. The molecule has 0 bridgehead atoms. The van der Waals surface area contributed by atoms with Gasteiger partial charge in [0.2, 0.25) is 0 Å². The van der Waals surface area contributed by atoms with Crippen LogP contribution in [0.4, 0.5) is 0 Å². The first-order chi connectivity index (χ1) is 9.78. The summed E-state index contributed by atoms with van der Waals surface area (Å²) in [5.74, 6) is 0.789. The number of rotatable bonds is 4. The van der Waals surface area contributed by atoms with Crippen LogP contribution in [0.25, 0.3) is 5.65 Å². The first kappa shape index (κ1) is 13.6. The van der Waals surface area contributed by atoms with Gasteiger partial charge in [-0.05, 0) is 56.4 Å². The second kappa shape index (κ2) is 5.94. The highest BCUT2D eigenvalue weighted by atomic mass is 15.1. The van der Waals surface area contributed by atoms with Crippen LogP contribution in [0.3, 0.4) is 0 Å². The van der Waals surface area contributed by atoms with Crippen molar-refractivity contribution in [2.75, 3.05) is 19.6 Å². The lowest BCUT2D eigenvalue weighted by molar-refractivity contribution is 0.191. The number of hydrogen-bond donors (Lipinski definition) is 1. The molecule has 0 aromatic carbocycles. The van der Waals surface area contributed by atoms with Crippen LogP contribution in [0.1, 0.15) is 31.0 Å². The first-order valence-electron chi connectivity index (χ1n) is 7.67. The Hall–Kier alpha value is -1.39. The van der Waals surface area contributed by atoms with E-state index in [1.807, 2.05) is 0 Å². The van der Waals surface area contributed by atoms with E-state index in [-0.39, 0.29) is 0 Å². The number of nitrogens with two attached hydrogens (primary N) is 1. The molecule has 0 atom stereocenters. The normalized spacial score (nSPS) is 17.9. The fraction of sp³-hybridized carbons (Fsp3) is 0.562. The summed E-state index contributed by atoms with van der Waals surface area (Å²) in [5, 5.41) is 0. The van der Waals surface area contributed by atoms with Crippen LogP contribution < -0.4 is 5.73 Å². The molecule has 0 amide bonds. The van der Waals surface area contributed by atoms with Crippen molar-refractivity contribution in [1.29, 1.82) is 0 Å². The zero-order chi connectivity index (χ0) is 13.9. The number of pyridine rings is 1. The van der Waals surface area contributed by atoms with Crippen LogP contribution in [-0.2, 0) is 13.0 Å². The van der Waals surface area contributed by atoms with Gasteiger partial charge >= 0.3 is 0 Å². The van der Waals surface area contributed by atoms with E-state index in [4.69, 9.17) is 10.7 Å². The van der Waals surface area contributed by atoms with Gasteiger partial charge in [0.1, 0.15) is 5.65 Å². The van der Waals surface area contributed by atoms with E-state index in [1.165, 1.54) is 38.2 Å². The van der Waals surface area contributed by atoms with Gasteiger partial charge in [0.25, 0.3) is 0 Å². The monoisotopic (exact) mass is 272 g/mol. The standard InChI is InChI=1S/C16H24N4/c1-2-19-7-5-13(6-8-19)9-15-12-20-11-14(10-17)3-4-16(20)18-15/h3-4,11-13H,2,5-10,17H2,1H3. The van der Waals surface area contributed by atoms with Crippen molar-refractivity contribution in [2.45, 2.75) is 32.7 Å². The third-order valence-corrected chi connectivity index (χ3v) is 4.45. The Morgan fingerprint density at radius 2 is 2.05 bits per heavy atom. The quantitative estimate of drug-likeness (QED) is 0.927. The van der Waals surface area contributed by atoms with Gasteiger partial charge in [-0.25, -0.2) is 4.98 Å². The highest BCUT2D eigenvalue weighted by Crippen LogP contribution is 2.21. The zero-order valence-electron chi connectivity index (χ0n) is 12.3. The summed E-state index contributed by atoms with van der Waals surface area (Å²) in [4.78, 5) is 7.27. The van der Waals surface area contributed by atoms with Gasteiger partial charge in [-0.15, -0.1) is 0 Å². The van der Waals surface area contributed by atoms with Crippen molar-refractivity contribution in [3.8, 4) is 0 Å². The van der Waals surface area contributed by atoms with E-state index in [1.54, 1.807) is 0 Å². The average Bonchev–Trinajstić information content (AvgIpc) is 2.89. The Bertz CT molecular complexity index is 567. The number of piperidine rings is 1. The molecule has 3 heterocycles. The maximum absolute atomic E-state index is 5.68. The highest BCUT2D eigenvalue weighted by molar-refractivity contribution is 5.41. The van der Waals surface area contributed by atoms with E-state index in [0.717, 1.165) is 23.5 Å². The Labute approximate surface area is 120 Å². The number of fused-ring (bicyclic) bond motifs is 1. The first-order valence-corrected chi connectivity index (χ1v) is 7.67. The van der Waals surface area contributed by atoms with Gasteiger partial charge in [0.05, 0.1) is 5.69 Å². The predicted molar refractivity (Wildman–Crippen MR) is 81.6 cm³/mol. The smallest absolute Gasteiger partial charge is 0.136 e. The minimum atomic E-state index is 0.582. The number of imidazole rings is 1. The van der Waals surface area contributed by atoms with E-state index < -0.39 is 0 Å². The molecule has 1 saturated heterocycles. The molecule has 0 spiro atoms. The van der Waals surface area contributed by atoms with Crippen LogP contribution in [-0.4, -0.2) is 33.9 Å². The lowest BCUT2D eigenvalue weighted by Gasteiger charge is -2.30. The summed E-state index contributed by atoms with van der Waals surface area (Å²) < 4.78 is 2.11. The fourth-order valence-electron chi connectivity index (χ4n) is 3.11. The summed E-state index contributed by atoms with van der Waals surface area (Å²) in [6.45, 7) is 6.50. The summed E-state index contributed by atoms with van der Waals surface area (Å²) >= 11 is 0. The molecule has 0 saturated carbocycles. The molecule has 20 heavy (non-hydrogen) atoms. The second-order valence-electron chi connectivity index (χ2n) is 5.82. The SMILES string of the molecule is CCN1CCC(Cc2cn3cc(CN)ccc3n2)CC1. The summed E-state index contributed by atoms with van der Waals surface area (Å²) in [6, 6.07) is 4.12. The van der Waals surface area contributed by atoms with Gasteiger partial charge in [-0.3, -0.25) is 0 Å². The number of aromatic nitrogens is 2. The number of nitrogens with zero attached hydrogens (tertiary/aromatic N) is 3. The molecule has 4 nitrogen and oxygen atoms in total. The van der Waals surface area contributed by atoms with Gasteiger partial charge in [-0.1, -0.05) is 13.0 Å². The second-order valence-corrected chi connectivity index (χ2v) is 5.82. The molecule has 2 N–H and O–H groups in total. The predicted octanol–water partition coefficient (Wildman–Crippen LogP) is 2.07. The van der Waals surface area contributed by atoms with Crippen LogP contribution in [0, 0.1) is 5.92 Å². The number of hydrogen-bond acceptors (Lipinski definition) is 3. The summed E-state index contributed by atoms with van der Waals surface area (Å²) in [7, 11) is 0. The Balaban J connectivity index is 1.68. The topological polar surface area (TPSA) is 46.6 Å². The van der Waals surface area contributed by atoms with Gasteiger partial charge in [-0.2, -0.15) is 0 Å². The molecule has 0 radical (unpaired) electrons. The lowest BCUT2D eigenvalue weighted by Crippen LogP contribution is -2.34. The zero-order valence-corrected chi connectivity index (χ0v) is 12.3. The fourth-order valence-corrected chi connectivity index (χ4v) is 3.11. The van der Waals surface area contributed by atoms with E-state index in [0.29, 0.717) is 6.54 Å². The van der Waals surface area contributed by atoms with Crippen molar-refractivity contribution in [3.05, 3.63) is 35.8 Å². The molecule has 4 heteroatoms. The molecule has 2 aromatic heterocycles. The lowest BCUT2D eigenvalue weighted by atomic mass is 9.92. The molecule has 1 aliphatic heterocycles. The van der Waals surface area contributed by atoms with Gasteiger partial charge < -0.3 is 15.0 Å². The highest BCUT2D eigenvalue weighted by Gasteiger charge is 2.19. The molecule has 1 aliphatic rings. The largest absolute Gasteiger partial charge is 0.326 e. The Morgan fingerprint density at radius 3 is 2.75 bits per heavy atom. The Morgan fingerprint density at radius 1 is 1.25 bits per heavy atom. The van der Waals surface area contributed by atoms with Crippen LogP contribution >= 0.6 is 0 Å². The summed E-state index contributed by atoms with van der Waals surface area (Å²) in [6.07, 6.45) is 7.97. The minimum Gasteiger partial charge on any atom is -0.326 e. The maximum atomic E-state index is 5.68. The molecular formula is C16H24N4. The van der Waals surface area contributed by atoms with Crippen molar-refractivity contribution in [3.63, 3.8) is 0 Å². The summed E-state index contributed by atoms with van der Waals surface area (Å²) in [5.41, 5.74) is 9.08. The van der Waals surface area contributed by atoms with Gasteiger partial charge in [0.15, 0.2) is 0 Å². The van der Waals surface area contributed by atoms with Crippen molar-refractivity contribution >= 4 is 5.65 Å². The Kier molecular flexibility index (Phi) is 4.03. The molecule has 108 valence electrons. The van der Waals surface area contributed by atoms with Crippen molar-refractivity contribution in [1.82, 2.24) is 14.3 Å². The minimum absolute atomic E-state index is 0.582. The van der Waals surface area contributed by atoms with Crippen molar-refractivity contribution in [2.24, 2.45) is 11.7 Å². The molecule has 2 aromatic rings. The maximum Gasteiger partial charge on any atom is 0.136 e. The van der Waals surface area contributed by atoms with E-state index in [2.05, 4.69) is 40.8 Å².